The molecule has 0 aliphatic carbocycles. The Balaban J connectivity index is 2.39. The fourth-order valence-corrected chi connectivity index (χ4v) is 2.38. The maximum atomic E-state index is 12.5. The molecule has 128 valence electrons. The Labute approximate surface area is 141 Å². The summed E-state index contributed by atoms with van der Waals surface area (Å²) in [5.74, 6) is 0.344. The molecule has 2 rings (SSSR count). The van der Waals surface area contributed by atoms with Crippen LogP contribution in [0, 0.1) is 6.92 Å². The van der Waals surface area contributed by atoms with E-state index in [-0.39, 0.29) is 28.7 Å². The lowest BCUT2D eigenvalue weighted by atomic mass is 10.0. The van der Waals surface area contributed by atoms with Crippen molar-refractivity contribution in [2.45, 2.75) is 26.7 Å². The van der Waals surface area contributed by atoms with Gasteiger partial charge in [0.05, 0.1) is 19.8 Å². The SMILES string of the molecule is COc1cc(C(=O)Oc2cc(C)ccc2C(C)C)cc(OC)c1O. The number of carbonyl (C=O) groups is 1. The zero-order valence-corrected chi connectivity index (χ0v) is 14.5. The molecule has 0 saturated heterocycles. The summed E-state index contributed by atoms with van der Waals surface area (Å²) in [5, 5.41) is 9.94. The van der Waals surface area contributed by atoms with Gasteiger partial charge < -0.3 is 19.3 Å². The lowest BCUT2D eigenvalue weighted by molar-refractivity contribution is 0.0732. The van der Waals surface area contributed by atoms with Crippen molar-refractivity contribution in [3.63, 3.8) is 0 Å². The summed E-state index contributed by atoms with van der Waals surface area (Å²) < 4.78 is 15.7. The van der Waals surface area contributed by atoms with E-state index in [1.54, 1.807) is 0 Å². The Morgan fingerprint density at radius 2 is 1.58 bits per heavy atom. The molecular weight excluding hydrogens is 308 g/mol. The standard InChI is InChI=1S/C19H22O5/c1-11(2)14-7-6-12(3)8-15(14)24-19(21)13-9-16(22-4)18(20)17(10-13)23-5/h6-11,20H,1-5H3. The van der Waals surface area contributed by atoms with Crippen LogP contribution in [0.2, 0.25) is 0 Å². The molecule has 0 spiro atoms. The zero-order chi connectivity index (χ0) is 17.9. The molecule has 0 fully saturated rings. The minimum absolute atomic E-state index is 0.148. The van der Waals surface area contributed by atoms with Gasteiger partial charge in [-0.3, -0.25) is 0 Å². The van der Waals surface area contributed by atoms with Gasteiger partial charge in [0.25, 0.3) is 0 Å². The number of hydrogen-bond acceptors (Lipinski definition) is 5. The highest BCUT2D eigenvalue weighted by Crippen LogP contribution is 2.37. The highest BCUT2D eigenvalue weighted by atomic mass is 16.5. The van der Waals surface area contributed by atoms with Crippen LogP contribution in [0.25, 0.3) is 0 Å². The molecule has 0 heterocycles. The molecule has 1 N–H and O–H groups in total. The molecule has 0 saturated carbocycles. The third kappa shape index (κ3) is 3.62. The average Bonchev–Trinajstić information content (AvgIpc) is 2.54. The normalized spacial score (nSPS) is 10.6. The summed E-state index contributed by atoms with van der Waals surface area (Å²) >= 11 is 0. The largest absolute Gasteiger partial charge is 0.502 e. The van der Waals surface area contributed by atoms with E-state index in [0.717, 1.165) is 11.1 Å². The minimum Gasteiger partial charge on any atom is -0.502 e. The predicted octanol–water partition coefficient (Wildman–Crippen LogP) is 4.06. The Hall–Kier alpha value is -2.69. The van der Waals surface area contributed by atoms with Crippen LogP contribution in [-0.4, -0.2) is 25.3 Å². The van der Waals surface area contributed by atoms with Gasteiger partial charge in [-0.1, -0.05) is 26.0 Å². The monoisotopic (exact) mass is 330 g/mol. The van der Waals surface area contributed by atoms with Gasteiger partial charge in [-0.15, -0.1) is 0 Å². The molecule has 0 radical (unpaired) electrons. The first-order chi connectivity index (χ1) is 11.4. The second kappa shape index (κ2) is 7.25. The molecule has 0 aliphatic heterocycles. The van der Waals surface area contributed by atoms with Crippen LogP contribution >= 0.6 is 0 Å². The first-order valence-electron chi connectivity index (χ1n) is 7.65. The summed E-state index contributed by atoms with van der Waals surface area (Å²) in [7, 11) is 2.81. The molecule has 0 amide bonds. The van der Waals surface area contributed by atoms with E-state index in [2.05, 4.69) is 0 Å². The highest BCUT2D eigenvalue weighted by Gasteiger charge is 2.19. The maximum Gasteiger partial charge on any atom is 0.343 e. The number of esters is 1. The summed E-state index contributed by atoms with van der Waals surface area (Å²) in [4.78, 5) is 12.5. The van der Waals surface area contributed by atoms with E-state index in [1.807, 2.05) is 39.0 Å². The number of carbonyl (C=O) groups excluding carboxylic acids is 1. The summed E-state index contributed by atoms with van der Waals surface area (Å²) in [6, 6.07) is 8.62. The van der Waals surface area contributed by atoms with Crippen LogP contribution in [0.1, 0.15) is 41.3 Å². The van der Waals surface area contributed by atoms with E-state index >= 15 is 0 Å². The summed E-state index contributed by atoms with van der Waals surface area (Å²) in [6.07, 6.45) is 0. The van der Waals surface area contributed by atoms with Crippen LogP contribution in [-0.2, 0) is 0 Å². The molecular formula is C19H22O5. The first-order valence-corrected chi connectivity index (χ1v) is 7.65. The van der Waals surface area contributed by atoms with Gasteiger partial charge in [-0.05, 0) is 42.2 Å². The molecule has 5 heteroatoms. The van der Waals surface area contributed by atoms with E-state index in [0.29, 0.717) is 5.75 Å². The fourth-order valence-electron chi connectivity index (χ4n) is 2.38. The Bertz CT molecular complexity index is 724. The predicted molar refractivity (Wildman–Crippen MR) is 91.4 cm³/mol. The van der Waals surface area contributed by atoms with E-state index in [4.69, 9.17) is 14.2 Å². The van der Waals surface area contributed by atoms with Crippen LogP contribution in [0.3, 0.4) is 0 Å². The Morgan fingerprint density at radius 1 is 1.00 bits per heavy atom. The van der Waals surface area contributed by atoms with Crippen LogP contribution in [0.4, 0.5) is 0 Å². The number of methoxy groups -OCH3 is 2. The van der Waals surface area contributed by atoms with Crippen molar-refractivity contribution in [2.75, 3.05) is 14.2 Å². The van der Waals surface area contributed by atoms with Gasteiger partial charge in [0.15, 0.2) is 11.5 Å². The lowest BCUT2D eigenvalue weighted by Gasteiger charge is -2.15. The molecule has 0 aliphatic rings. The van der Waals surface area contributed by atoms with Gasteiger partial charge in [0.2, 0.25) is 5.75 Å². The van der Waals surface area contributed by atoms with Crippen molar-refractivity contribution in [1.82, 2.24) is 0 Å². The molecule has 0 aromatic heterocycles. The average molecular weight is 330 g/mol. The molecule has 24 heavy (non-hydrogen) atoms. The lowest BCUT2D eigenvalue weighted by Crippen LogP contribution is -2.11. The summed E-state index contributed by atoms with van der Waals surface area (Å²) in [6.45, 7) is 6.01. The van der Waals surface area contributed by atoms with Gasteiger partial charge in [-0.2, -0.15) is 0 Å². The Morgan fingerprint density at radius 3 is 2.08 bits per heavy atom. The smallest absolute Gasteiger partial charge is 0.343 e. The van der Waals surface area contributed by atoms with Gasteiger partial charge in [-0.25, -0.2) is 4.79 Å². The van der Waals surface area contributed by atoms with Crippen molar-refractivity contribution in [3.8, 4) is 23.0 Å². The van der Waals surface area contributed by atoms with Crippen molar-refractivity contribution in [3.05, 3.63) is 47.0 Å². The second-order valence-electron chi connectivity index (χ2n) is 5.81. The number of phenols is 1. The Kier molecular flexibility index (Phi) is 5.34. The molecule has 5 nitrogen and oxygen atoms in total. The van der Waals surface area contributed by atoms with Crippen LogP contribution in [0.5, 0.6) is 23.0 Å². The topological polar surface area (TPSA) is 65.0 Å². The number of benzene rings is 2. The molecule has 2 aromatic rings. The summed E-state index contributed by atoms with van der Waals surface area (Å²) in [5.41, 5.74) is 2.19. The van der Waals surface area contributed by atoms with Crippen LogP contribution in [0.15, 0.2) is 30.3 Å². The van der Waals surface area contributed by atoms with E-state index in [9.17, 15) is 9.90 Å². The third-order valence-electron chi connectivity index (χ3n) is 3.71. The van der Waals surface area contributed by atoms with Crippen molar-refractivity contribution < 1.29 is 24.1 Å². The quantitative estimate of drug-likeness (QED) is 0.661. The van der Waals surface area contributed by atoms with E-state index in [1.165, 1.54) is 26.4 Å². The number of hydrogen-bond donors (Lipinski definition) is 1. The van der Waals surface area contributed by atoms with Gasteiger partial charge >= 0.3 is 5.97 Å². The molecule has 2 aromatic carbocycles. The van der Waals surface area contributed by atoms with Crippen molar-refractivity contribution in [2.24, 2.45) is 0 Å². The van der Waals surface area contributed by atoms with Crippen molar-refractivity contribution >= 4 is 5.97 Å². The molecule has 0 atom stereocenters. The number of rotatable bonds is 5. The number of phenolic OH excluding ortho intramolecular Hbond substituents is 1. The highest BCUT2D eigenvalue weighted by molar-refractivity contribution is 5.92. The fraction of sp³-hybridized carbons (Fsp3) is 0.316. The van der Waals surface area contributed by atoms with Gasteiger partial charge in [0.1, 0.15) is 5.75 Å². The second-order valence-corrected chi connectivity index (χ2v) is 5.81. The van der Waals surface area contributed by atoms with Gasteiger partial charge in [0, 0.05) is 0 Å². The molecule has 0 unspecified atom stereocenters. The number of ether oxygens (including phenoxy) is 3. The third-order valence-corrected chi connectivity index (χ3v) is 3.71. The minimum atomic E-state index is -0.542. The van der Waals surface area contributed by atoms with E-state index < -0.39 is 5.97 Å². The maximum absolute atomic E-state index is 12.5. The van der Waals surface area contributed by atoms with Crippen molar-refractivity contribution in [1.29, 1.82) is 0 Å². The number of aromatic hydroxyl groups is 1. The van der Waals surface area contributed by atoms with Crippen LogP contribution < -0.4 is 14.2 Å². The first kappa shape index (κ1) is 17.7. The zero-order valence-electron chi connectivity index (χ0n) is 14.5. The molecule has 0 bridgehead atoms. The number of aryl methyl sites for hydroxylation is 1.